The van der Waals surface area contributed by atoms with E-state index in [0.29, 0.717) is 17.0 Å². The summed E-state index contributed by atoms with van der Waals surface area (Å²) < 4.78 is 5.52. The molecule has 0 amide bonds. The zero-order valence-electron chi connectivity index (χ0n) is 10.8. The molecule has 1 saturated carbocycles. The molecule has 0 bridgehead atoms. The van der Waals surface area contributed by atoms with Crippen LogP contribution in [0.1, 0.15) is 36.0 Å². The molecule has 0 unspecified atom stereocenters. The summed E-state index contributed by atoms with van der Waals surface area (Å²) in [5.41, 5.74) is 1.32. The van der Waals surface area contributed by atoms with Crippen molar-refractivity contribution in [3.8, 4) is 0 Å². The van der Waals surface area contributed by atoms with Gasteiger partial charge in [0.05, 0.1) is 10.6 Å². The number of aromatic nitrogens is 1. The molecule has 100 valence electrons. The van der Waals surface area contributed by atoms with Gasteiger partial charge in [-0.2, -0.15) is 0 Å². The minimum Gasteiger partial charge on any atom is -0.378 e. The molecule has 1 aromatic heterocycles. The number of benzene rings is 1. The second-order valence-electron chi connectivity index (χ2n) is 5.21. The molecule has 0 atom stereocenters. The van der Waals surface area contributed by atoms with E-state index in [1.807, 2.05) is 18.2 Å². The third kappa shape index (κ3) is 2.07. The maximum atomic E-state index is 12.5. The summed E-state index contributed by atoms with van der Waals surface area (Å²) >= 11 is 6.20. The Kier molecular flexibility index (Phi) is 3.11. The average Bonchev–Trinajstić information content (AvgIpc) is 2.79. The van der Waals surface area contributed by atoms with Crippen molar-refractivity contribution < 1.29 is 9.53 Å². The molecular formula is C15H16ClNO2. The van der Waals surface area contributed by atoms with Crippen LogP contribution in [0.4, 0.5) is 0 Å². The number of aromatic amines is 1. The molecule has 0 radical (unpaired) electrons. The molecule has 0 spiro atoms. The van der Waals surface area contributed by atoms with Gasteiger partial charge in [0.25, 0.3) is 0 Å². The van der Waals surface area contributed by atoms with Gasteiger partial charge in [-0.25, -0.2) is 0 Å². The van der Waals surface area contributed by atoms with E-state index in [1.54, 1.807) is 13.3 Å². The van der Waals surface area contributed by atoms with Crippen LogP contribution in [0.15, 0.2) is 24.4 Å². The normalized spacial score (nSPS) is 17.4. The number of halogens is 1. The lowest BCUT2D eigenvalue weighted by Crippen LogP contribution is -2.41. The summed E-state index contributed by atoms with van der Waals surface area (Å²) in [4.78, 5) is 15.6. The van der Waals surface area contributed by atoms with E-state index in [0.717, 1.165) is 30.2 Å². The summed E-state index contributed by atoms with van der Waals surface area (Å²) in [6, 6.07) is 5.61. The van der Waals surface area contributed by atoms with Gasteiger partial charge in [0.2, 0.25) is 0 Å². The lowest BCUT2D eigenvalue weighted by Gasteiger charge is -2.40. The van der Waals surface area contributed by atoms with E-state index in [9.17, 15) is 4.79 Å². The summed E-state index contributed by atoms with van der Waals surface area (Å²) in [6.45, 7) is 0. The van der Waals surface area contributed by atoms with E-state index < -0.39 is 0 Å². The van der Waals surface area contributed by atoms with Gasteiger partial charge in [0, 0.05) is 36.2 Å². The molecule has 1 N–H and O–H groups in total. The number of fused-ring (bicyclic) bond motifs is 1. The van der Waals surface area contributed by atoms with Crippen molar-refractivity contribution in [2.75, 3.05) is 7.11 Å². The predicted octanol–water partition coefficient (Wildman–Crippen LogP) is 3.96. The summed E-state index contributed by atoms with van der Waals surface area (Å²) in [6.07, 6.45) is 5.25. The molecule has 3 nitrogen and oxygen atoms in total. The van der Waals surface area contributed by atoms with Crippen LogP contribution in [0.2, 0.25) is 5.02 Å². The van der Waals surface area contributed by atoms with Crippen LogP contribution in [0.5, 0.6) is 0 Å². The smallest absolute Gasteiger partial charge is 0.167 e. The van der Waals surface area contributed by atoms with E-state index in [4.69, 9.17) is 16.3 Å². The molecule has 1 heterocycles. The van der Waals surface area contributed by atoms with E-state index in [1.165, 1.54) is 0 Å². The minimum absolute atomic E-state index is 0.0981. The second kappa shape index (κ2) is 4.66. The highest BCUT2D eigenvalue weighted by atomic mass is 35.5. The van der Waals surface area contributed by atoms with Crippen molar-refractivity contribution in [3.05, 3.63) is 35.0 Å². The van der Waals surface area contributed by atoms with Gasteiger partial charge in [-0.15, -0.1) is 0 Å². The lowest BCUT2D eigenvalue weighted by atomic mass is 9.76. The van der Waals surface area contributed by atoms with Gasteiger partial charge in [0.15, 0.2) is 5.78 Å². The minimum atomic E-state index is -0.248. The van der Waals surface area contributed by atoms with Crippen LogP contribution in [-0.2, 0) is 4.74 Å². The maximum Gasteiger partial charge on any atom is 0.167 e. The number of rotatable bonds is 4. The summed E-state index contributed by atoms with van der Waals surface area (Å²) in [7, 11) is 1.69. The summed E-state index contributed by atoms with van der Waals surface area (Å²) in [5, 5.41) is 1.43. The second-order valence-corrected chi connectivity index (χ2v) is 5.61. The number of Topliss-reactive ketones (excluding diaryl/α,β-unsaturated/α-hetero) is 1. The van der Waals surface area contributed by atoms with Gasteiger partial charge in [-0.3, -0.25) is 4.79 Å². The van der Waals surface area contributed by atoms with Crippen molar-refractivity contribution >= 4 is 28.3 Å². The van der Waals surface area contributed by atoms with E-state index >= 15 is 0 Å². The molecule has 19 heavy (non-hydrogen) atoms. The Bertz CT molecular complexity index is 623. The number of hydrogen-bond donors (Lipinski definition) is 1. The number of carbonyl (C=O) groups is 1. The fourth-order valence-electron chi connectivity index (χ4n) is 2.77. The predicted molar refractivity (Wildman–Crippen MR) is 75.8 cm³/mol. The van der Waals surface area contributed by atoms with Gasteiger partial charge in [-0.05, 0) is 31.4 Å². The van der Waals surface area contributed by atoms with Crippen LogP contribution in [0, 0.1) is 0 Å². The van der Waals surface area contributed by atoms with Crippen molar-refractivity contribution in [3.63, 3.8) is 0 Å². The quantitative estimate of drug-likeness (QED) is 0.860. The Morgan fingerprint density at radius 1 is 1.47 bits per heavy atom. The van der Waals surface area contributed by atoms with E-state index in [-0.39, 0.29) is 11.4 Å². The molecular weight excluding hydrogens is 262 g/mol. The van der Waals surface area contributed by atoms with Crippen LogP contribution in [0.3, 0.4) is 0 Å². The van der Waals surface area contributed by atoms with Crippen LogP contribution < -0.4 is 0 Å². The topological polar surface area (TPSA) is 42.1 Å². The summed E-state index contributed by atoms with van der Waals surface area (Å²) in [5.74, 6) is 0.0981. The standard InChI is InChI=1S/C15H16ClNO2/c1-19-15(6-3-7-15)8-13(18)10-9-17-12-5-2-4-11(16)14(10)12/h2,4-5,9,17H,3,6-8H2,1H3. The highest BCUT2D eigenvalue weighted by molar-refractivity contribution is 6.36. The van der Waals surface area contributed by atoms with Gasteiger partial charge in [0.1, 0.15) is 0 Å². The maximum absolute atomic E-state index is 12.5. The molecule has 0 aliphatic heterocycles. The van der Waals surface area contributed by atoms with Crippen molar-refractivity contribution in [1.29, 1.82) is 0 Å². The van der Waals surface area contributed by atoms with Crippen molar-refractivity contribution in [1.82, 2.24) is 4.98 Å². The Hall–Kier alpha value is -1.32. The first-order valence-corrected chi connectivity index (χ1v) is 6.87. The average molecular weight is 278 g/mol. The van der Waals surface area contributed by atoms with Crippen molar-refractivity contribution in [2.45, 2.75) is 31.3 Å². The lowest BCUT2D eigenvalue weighted by molar-refractivity contribution is -0.0704. The number of nitrogens with one attached hydrogen (secondary N) is 1. The molecule has 2 aromatic rings. The van der Waals surface area contributed by atoms with Crippen LogP contribution in [-0.4, -0.2) is 23.5 Å². The third-order valence-corrected chi connectivity index (χ3v) is 4.45. The van der Waals surface area contributed by atoms with Crippen LogP contribution in [0.25, 0.3) is 10.9 Å². The Balaban J connectivity index is 1.94. The number of carbonyl (C=O) groups excluding carboxylic acids is 1. The zero-order chi connectivity index (χ0) is 13.5. The third-order valence-electron chi connectivity index (χ3n) is 4.14. The molecule has 1 aliphatic carbocycles. The number of hydrogen-bond acceptors (Lipinski definition) is 2. The highest BCUT2D eigenvalue weighted by Crippen LogP contribution is 2.39. The first kappa shape index (κ1) is 12.7. The van der Waals surface area contributed by atoms with Gasteiger partial charge in [-0.1, -0.05) is 17.7 Å². The first-order chi connectivity index (χ1) is 9.15. The molecule has 3 rings (SSSR count). The molecule has 1 fully saturated rings. The Labute approximate surface area is 116 Å². The van der Waals surface area contributed by atoms with E-state index in [2.05, 4.69) is 4.98 Å². The first-order valence-electron chi connectivity index (χ1n) is 6.49. The van der Waals surface area contributed by atoms with Crippen LogP contribution >= 0.6 is 11.6 Å². The Morgan fingerprint density at radius 3 is 2.89 bits per heavy atom. The van der Waals surface area contributed by atoms with Gasteiger partial charge >= 0.3 is 0 Å². The number of H-pyrrole nitrogens is 1. The highest BCUT2D eigenvalue weighted by Gasteiger charge is 2.39. The fourth-order valence-corrected chi connectivity index (χ4v) is 3.05. The van der Waals surface area contributed by atoms with Crippen molar-refractivity contribution in [2.24, 2.45) is 0 Å². The zero-order valence-corrected chi connectivity index (χ0v) is 11.6. The number of ketones is 1. The Morgan fingerprint density at radius 2 is 2.26 bits per heavy atom. The molecule has 0 saturated heterocycles. The monoisotopic (exact) mass is 277 g/mol. The molecule has 4 heteroatoms. The largest absolute Gasteiger partial charge is 0.378 e. The molecule has 1 aliphatic rings. The number of ether oxygens (including phenoxy) is 1. The van der Waals surface area contributed by atoms with Gasteiger partial charge < -0.3 is 9.72 Å². The fraction of sp³-hybridized carbons (Fsp3) is 0.400. The number of methoxy groups -OCH3 is 1. The molecule has 1 aromatic carbocycles. The SMILES string of the molecule is COC1(CC(=O)c2c[nH]c3cccc(Cl)c23)CCC1.